The molecule has 1 aromatic carbocycles. The number of benzene rings is 1. The topological polar surface area (TPSA) is 94.7 Å². The highest BCUT2D eigenvalue weighted by atomic mass is 16.5. The maximum Gasteiger partial charge on any atom is 0.246 e. The number of ether oxygens (including phenoxy) is 1. The predicted molar refractivity (Wildman–Crippen MR) is 134 cm³/mol. The van der Waals surface area contributed by atoms with Crippen LogP contribution in [0.3, 0.4) is 0 Å². The van der Waals surface area contributed by atoms with Gasteiger partial charge in [-0.05, 0) is 49.6 Å². The molecule has 1 aromatic rings. The number of para-hydroxylation sites is 1. The Bertz CT molecular complexity index is 1120. The largest absolute Gasteiger partial charge is 0.483 e. The highest BCUT2D eigenvalue weighted by Gasteiger charge is 2.65. The summed E-state index contributed by atoms with van der Waals surface area (Å²) >= 11 is 0. The van der Waals surface area contributed by atoms with Crippen molar-refractivity contribution >= 4 is 23.8 Å². The number of amides is 1. The zero-order valence-corrected chi connectivity index (χ0v) is 19.6. The van der Waals surface area contributed by atoms with Gasteiger partial charge in [0.05, 0.1) is 12.3 Å². The van der Waals surface area contributed by atoms with Gasteiger partial charge in [0.1, 0.15) is 35.2 Å². The molecule has 4 unspecified atom stereocenters. The Balaban J connectivity index is 1.25. The molecule has 5 rings (SSSR count). The minimum atomic E-state index is -0.442. The summed E-state index contributed by atoms with van der Waals surface area (Å²) in [5.41, 5.74) is 0.899. The summed E-state index contributed by atoms with van der Waals surface area (Å²) < 4.78 is 6.20. The molecule has 2 aliphatic heterocycles. The molecule has 0 aromatic heterocycles. The van der Waals surface area contributed by atoms with Crippen LogP contribution in [0.2, 0.25) is 0 Å². The molecule has 1 spiro atoms. The van der Waals surface area contributed by atoms with E-state index in [1.54, 1.807) is 6.34 Å². The van der Waals surface area contributed by atoms with Crippen LogP contribution in [-0.4, -0.2) is 59.0 Å². The molecular weight excluding hydrogens is 426 g/mol. The zero-order chi connectivity index (χ0) is 23.8. The third-order valence-corrected chi connectivity index (χ3v) is 7.47. The molecule has 2 fully saturated rings. The fraction of sp³-hybridized carbons (Fsp3) is 0.407. The van der Waals surface area contributed by atoms with Gasteiger partial charge in [0.25, 0.3) is 0 Å². The van der Waals surface area contributed by atoms with Crippen LogP contribution in [0.1, 0.15) is 32.6 Å². The van der Waals surface area contributed by atoms with E-state index in [2.05, 4.69) is 34.9 Å². The maximum atomic E-state index is 12.3. The van der Waals surface area contributed by atoms with Crippen LogP contribution >= 0.6 is 0 Å². The Morgan fingerprint density at radius 2 is 2.18 bits per heavy atom. The summed E-state index contributed by atoms with van der Waals surface area (Å²) in [4.78, 5) is 23.2. The van der Waals surface area contributed by atoms with Gasteiger partial charge in [-0.15, -0.1) is 0 Å². The first-order valence-corrected chi connectivity index (χ1v) is 12.0. The number of rotatable bonds is 6. The van der Waals surface area contributed by atoms with Crippen LogP contribution in [0.4, 0.5) is 0 Å². The Morgan fingerprint density at radius 1 is 1.35 bits per heavy atom. The molecular formula is C27H32N5O2+. The van der Waals surface area contributed by atoms with Gasteiger partial charge in [-0.3, -0.25) is 15.1 Å². The molecule has 2 heterocycles. The van der Waals surface area contributed by atoms with Crippen LogP contribution in [0.5, 0.6) is 5.75 Å². The number of aliphatic imine (C=N–C) groups is 2. The van der Waals surface area contributed by atoms with Crippen molar-refractivity contribution in [2.45, 2.75) is 49.8 Å². The van der Waals surface area contributed by atoms with Crippen LogP contribution in [0, 0.1) is 11.3 Å². The second-order valence-electron chi connectivity index (χ2n) is 9.80. The average Bonchev–Trinajstić information content (AvgIpc) is 3.35. The first kappa shape index (κ1) is 22.5. The van der Waals surface area contributed by atoms with Crippen molar-refractivity contribution in [3.8, 4) is 5.75 Å². The third kappa shape index (κ3) is 4.16. The van der Waals surface area contributed by atoms with Gasteiger partial charge in [-0.2, -0.15) is 4.99 Å². The SMILES string of the molecule is C=CC(=O)N1CCCC12CC2[NH2+]C1=NC=NCC1C(=N)C1=CCC(C)(Oc2ccccc2)C=C1. The van der Waals surface area contributed by atoms with Gasteiger partial charge < -0.3 is 15.0 Å². The summed E-state index contributed by atoms with van der Waals surface area (Å²) in [6.45, 7) is 7.04. The number of hydrogen-bond acceptors (Lipinski definition) is 5. The van der Waals surface area contributed by atoms with Crippen molar-refractivity contribution in [1.29, 1.82) is 5.41 Å². The lowest BCUT2D eigenvalue weighted by Crippen LogP contribution is -2.93. The van der Waals surface area contributed by atoms with Crippen LogP contribution in [0.15, 0.2) is 76.8 Å². The number of carbonyl (C=O) groups excluding carboxylic acids is 1. The van der Waals surface area contributed by atoms with Crippen molar-refractivity contribution in [2.75, 3.05) is 13.1 Å². The average molecular weight is 459 g/mol. The second-order valence-corrected chi connectivity index (χ2v) is 9.80. The summed E-state index contributed by atoms with van der Waals surface area (Å²) in [6.07, 6.45) is 12.8. The van der Waals surface area contributed by atoms with E-state index in [9.17, 15) is 4.79 Å². The molecule has 4 aliphatic rings. The Morgan fingerprint density at radius 3 is 2.91 bits per heavy atom. The highest BCUT2D eigenvalue weighted by Crippen LogP contribution is 2.48. The molecule has 176 valence electrons. The second kappa shape index (κ2) is 8.80. The van der Waals surface area contributed by atoms with E-state index in [4.69, 9.17) is 10.1 Å². The van der Waals surface area contributed by atoms with Gasteiger partial charge in [0.15, 0.2) is 0 Å². The van der Waals surface area contributed by atoms with Crippen LogP contribution in [0.25, 0.3) is 0 Å². The van der Waals surface area contributed by atoms with E-state index in [-0.39, 0.29) is 23.4 Å². The van der Waals surface area contributed by atoms with E-state index in [1.165, 1.54) is 6.08 Å². The number of quaternary nitrogens is 1. The number of carbonyl (C=O) groups is 1. The summed E-state index contributed by atoms with van der Waals surface area (Å²) in [6, 6.07) is 10.1. The molecule has 1 amide bonds. The lowest BCUT2D eigenvalue weighted by molar-refractivity contribution is -0.564. The Kier molecular flexibility index (Phi) is 5.81. The molecule has 7 nitrogen and oxygen atoms in total. The zero-order valence-electron chi connectivity index (χ0n) is 19.6. The normalized spacial score (nSPS) is 31.7. The van der Waals surface area contributed by atoms with Crippen LogP contribution < -0.4 is 10.1 Å². The van der Waals surface area contributed by atoms with Gasteiger partial charge in [-0.25, -0.2) is 0 Å². The fourth-order valence-corrected chi connectivity index (χ4v) is 5.47. The molecule has 0 radical (unpaired) electrons. The molecule has 1 saturated heterocycles. The van der Waals surface area contributed by atoms with Crippen molar-refractivity contribution in [2.24, 2.45) is 15.9 Å². The standard InChI is InChI=1S/C27H31N5O2/c1-3-23(33)32-15-7-12-27(32)16-22(27)31-25-21(17-29-18-30-25)24(28)19-10-13-26(2,14-11-19)34-20-8-5-4-6-9-20/h3-6,8-11,13,18,21-22,28H,1,7,12,14-17H2,2H3,(H,29,30,31)/p+1. The fourth-order valence-electron chi connectivity index (χ4n) is 5.47. The number of amidine groups is 1. The van der Waals surface area contributed by atoms with Crippen molar-refractivity contribution in [1.82, 2.24) is 4.90 Å². The molecule has 1 saturated carbocycles. The molecule has 3 N–H and O–H groups in total. The third-order valence-electron chi connectivity index (χ3n) is 7.47. The predicted octanol–water partition coefficient (Wildman–Crippen LogP) is 2.67. The number of nitrogens with zero attached hydrogens (tertiary/aromatic N) is 3. The minimum Gasteiger partial charge on any atom is -0.483 e. The number of nitrogens with one attached hydrogen (secondary N) is 1. The first-order valence-electron chi connectivity index (χ1n) is 12.0. The van der Waals surface area contributed by atoms with Crippen LogP contribution in [-0.2, 0) is 4.79 Å². The number of hydrogen-bond donors (Lipinski definition) is 2. The smallest absolute Gasteiger partial charge is 0.246 e. The molecule has 34 heavy (non-hydrogen) atoms. The lowest BCUT2D eigenvalue weighted by Gasteiger charge is -2.30. The molecule has 7 heteroatoms. The van der Waals surface area contributed by atoms with Gasteiger partial charge in [0, 0.05) is 19.4 Å². The molecule has 2 aliphatic carbocycles. The van der Waals surface area contributed by atoms with E-state index >= 15 is 0 Å². The van der Waals surface area contributed by atoms with Gasteiger partial charge >= 0.3 is 0 Å². The minimum absolute atomic E-state index is 0.0168. The van der Waals surface area contributed by atoms with Crippen molar-refractivity contribution in [3.05, 3.63) is 66.8 Å². The Labute approximate surface area is 200 Å². The summed E-state index contributed by atoms with van der Waals surface area (Å²) in [5.74, 6) is 1.57. The van der Waals surface area contributed by atoms with E-state index in [0.29, 0.717) is 18.7 Å². The van der Waals surface area contributed by atoms with Crippen molar-refractivity contribution in [3.63, 3.8) is 0 Å². The van der Waals surface area contributed by atoms with E-state index in [0.717, 1.165) is 43.0 Å². The maximum absolute atomic E-state index is 12.3. The summed E-state index contributed by atoms with van der Waals surface area (Å²) in [5, 5.41) is 11.1. The number of nitrogens with two attached hydrogens (primary N) is 1. The Hall–Kier alpha value is -3.32. The van der Waals surface area contributed by atoms with Crippen molar-refractivity contribution < 1.29 is 14.8 Å². The molecule has 4 atom stereocenters. The van der Waals surface area contributed by atoms with Gasteiger partial charge in [0.2, 0.25) is 11.7 Å². The van der Waals surface area contributed by atoms with E-state index in [1.807, 2.05) is 47.4 Å². The van der Waals surface area contributed by atoms with Gasteiger partial charge in [-0.1, -0.05) is 36.9 Å². The quantitative estimate of drug-likeness (QED) is 0.507. The number of allylic oxidation sites excluding steroid dienone is 2. The monoisotopic (exact) mass is 458 g/mol. The highest BCUT2D eigenvalue weighted by molar-refractivity contribution is 6.13. The van der Waals surface area contributed by atoms with E-state index < -0.39 is 5.60 Å². The lowest BCUT2D eigenvalue weighted by atomic mass is 9.87. The number of likely N-dealkylation sites (tertiary alicyclic amines) is 1. The first-order chi connectivity index (χ1) is 16.4. The summed E-state index contributed by atoms with van der Waals surface area (Å²) in [7, 11) is 0. The molecule has 0 bridgehead atoms.